The largest absolute Gasteiger partial charge is 0.360 e. The molecule has 25 heavy (non-hydrogen) atoms. The van der Waals surface area contributed by atoms with Crippen LogP contribution in [0, 0.1) is 5.82 Å². The third-order valence-electron chi connectivity index (χ3n) is 4.21. The lowest BCUT2D eigenvalue weighted by Gasteiger charge is -2.33. The Morgan fingerprint density at radius 3 is 2.80 bits per heavy atom. The predicted molar refractivity (Wildman–Crippen MR) is 95.3 cm³/mol. The molecule has 1 N–H and O–H groups in total. The molecule has 6 nitrogen and oxygen atoms in total. The molecule has 0 aliphatic carbocycles. The number of nitrogens with zero attached hydrogens (tertiary/aromatic N) is 4. The van der Waals surface area contributed by atoms with Gasteiger partial charge in [0, 0.05) is 38.8 Å². The second kappa shape index (κ2) is 7.46. The first-order chi connectivity index (χ1) is 12.0. The van der Waals surface area contributed by atoms with Crippen LogP contribution in [0.15, 0.2) is 36.5 Å². The molecule has 132 valence electrons. The average Bonchev–Trinajstić information content (AvgIpc) is 2.63. The Hall–Kier alpha value is -2.70. The molecule has 1 saturated heterocycles. The van der Waals surface area contributed by atoms with E-state index in [1.54, 1.807) is 19.0 Å². The molecule has 1 atom stereocenters. The first-order valence-electron chi connectivity index (χ1n) is 8.35. The molecule has 2 aromatic rings. The number of carbonyl (C=O) groups is 1. The molecule has 1 fully saturated rings. The minimum absolute atomic E-state index is 0.0288. The zero-order valence-corrected chi connectivity index (χ0v) is 14.4. The van der Waals surface area contributed by atoms with Gasteiger partial charge in [-0.1, -0.05) is 18.2 Å². The van der Waals surface area contributed by atoms with Crippen LogP contribution in [0.3, 0.4) is 0 Å². The number of anilines is 2. The molecular weight excluding hydrogens is 321 g/mol. The number of rotatable bonds is 4. The van der Waals surface area contributed by atoms with Crippen molar-refractivity contribution in [2.75, 3.05) is 37.4 Å². The van der Waals surface area contributed by atoms with E-state index in [0.717, 1.165) is 19.4 Å². The maximum atomic E-state index is 13.7. The van der Waals surface area contributed by atoms with Crippen LogP contribution in [-0.4, -0.2) is 54.0 Å². The standard InChI is InChI=1S/C18H22FN5O/c1-23(2)16-15(19)11-20-18(22-16)21-14-9-6-10-24(12-14)17(25)13-7-4-3-5-8-13/h3-5,7-8,11,14H,6,9-10,12H2,1-2H3,(H,20,21,22). The summed E-state index contributed by atoms with van der Waals surface area (Å²) >= 11 is 0. The normalized spacial score (nSPS) is 17.2. The summed E-state index contributed by atoms with van der Waals surface area (Å²) in [5.41, 5.74) is 0.691. The number of aromatic nitrogens is 2. The first kappa shape index (κ1) is 17.1. The van der Waals surface area contributed by atoms with Crippen molar-refractivity contribution in [3.63, 3.8) is 0 Å². The summed E-state index contributed by atoms with van der Waals surface area (Å²) in [6.07, 6.45) is 2.98. The quantitative estimate of drug-likeness (QED) is 0.924. The van der Waals surface area contributed by atoms with Crippen LogP contribution in [-0.2, 0) is 0 Å². The Balaban J connectivity index is 1.68. The molecule has 0 saturated carbocycles. The maximum absolute atomic E-state index is 13.7. The molecule has 1 amide bonds. The van der Waals surface area contributed by atoms with Gasteiger partial charge in [-0.25, -0.2) is 9.37 Å². The number of nitrogens with one attached hydrogen (secondary N) is 1. The van der Waals surface area contributed by atoms with Gasteiger partial charge < -0.3 is 15.1 Å². The fourth-order valence-corrected chi connectivity index (χ4v) is 2.97. The van der Waals surface area contributed by atoms with Gasteiger partial charge in [0.1, 0.15) is 0 Å². The van der Waals surface area contributed by atoms with E-state index in [1.165, 1.54) is 6.20 Å². The van der Waals surface area contributed by atoms with Gasteiger partial charge in [-0.05, 0) is 25.0 Å². The van der Waals surface area contributed by atoms with Gasteiger partial charge in [0.15, 0.2) is 11.6 Å². The summed E-state index contributed by atoms with van der Waals surface area (Å²) in [6.45, 7) is 1.31. The van der Waals surface area contributed by atoms with E-state index in [2.05, 4.69) is 15.3 Å². The van der Waals surface area contributed by atoms with Crippen LogP contribution in [0.25, 0.3) is 0 Å². The molecule has 7 heteroatoms. The van der Waals surface area contributed by atoms with E-state index in [9.17, 15) is 9.18 Å². The number of benzene rings is 1. The highest BCUT2D eigenvalue weighted by Crippen LogP contribution is 2.19. The third-order valence-corrected chi connectivity index (χ3v) is 4.21. The van der Waals surface area contributed by atoms with E-state index >= 15 is 0 Å². The molecule has 1 aliphatic heterocycles. The number of piperidine rings is 1. The molecule has 0 radical (unpaired) electrons. The average molecular weight is 343 g/mol. The van der Waals surface area contributed by atoms with Gasteiger partial charge in [0.2, 0.25) is 5.95 Å². The van der Waals surface area contributed by atoms with E-state index in [0.29, 0.717) is 18.1 Å². The first-order valence-corrected chi connectivity index (χ1v) is 8.35. The number of hydrogen-bond acceptors (Lipinski definition) is 5. The van der Waals surface area contributed by atoms with E-state index in [1.807, 2.05) is 35.2 Å². The highest BCUT2D eigenvalue weighted by molar-refractivity contribution is 5.94. The molecular formula is C18H22FN5O. The fourth-order valence-electron chi connectivity index (χ4n) is 2.97. The minimum Gasteiger partial charge on any atom is -0.360 e. The van der Waals surface area contributed by atoms with Crippen molar-refractivity contribution in [3.05, 3.63) is 47.9 Å². The summed E-state index contributed by atoms with van der Waals surface area (Å²) in [5.74, 6) is 0.191. The van der Waals surface area contributed by atoms with Crippen LogP contribution < -0.4 is 10.2 Å². The number of amides is 1. The summed E-state index contributed by atoms with van der Waals surface area (Å²) in [5, 5.41) is 3.23. The summed E-state index contributed by atoms with van der Waals surface area (Å²) < 4.78 is 13.7. The van der Waals surface area contributed by atoms with Crippen LogP contribution >= 0.6 is 0 Å². The second-order valence-electron chi connectivity index (χ2n) is 6.36. The van der Waals surface area contributed by atoms with E-state index in [4.69, 9.17) is 0 Å². The number of carbonyl (C=O) groups excluding carboxylic acids is 1. The van der Waals surface area contributed by atoms with Crippen LogP contribution in [0.1, 0.15) is 23.2 Å². The van der Waals surface area contributed by atoms with Crippen molar-refractivity contribution in [2.45, 2.75) is 18.9 Å². The van der Waals surface area contributed by atoms with Crippen LogP contribution in [0.5, 0.6) is 0 Å². The highest BCUT2D eigenvalue weighted by Gasteiger charge is 2.25. The predicted octanol–water partition coefficient (Wildman–Crippen LogP) is 2.40. The lowest BCUT2D eigenvalue weighted by Crippen LogP contribution is -2.45. The lowest BCUT2D eigenvalue weighted by molar-refractivity contribution is 0.0714. The summed E-state index contributed by atoms with van der Waals surface area (Å²) in [6, 6.07) is 9.31. The molecule has 1 aliphatic rings. The molecule has 1 aromatic carbocycles. The van der Waals surface area contributed by atoms with Crippen molar-refractivity contribution in [1.82, 2.24) is 14.9 Å². The SMILES string of the molecule is CN(C)c1nc(NC2CCCN(C(=O)c3ccccc3)C2)ncc1F. The monoisotopic (exact) mass is 343 g/mol. The zero-order valence-electron chi connectivity index (χ0n) is 14.4. The van der Waals surface area contributed by atoms with Crippen molar-refractivity contribution in [1.29, 1.82) is 0 Å². The van der Waals surface area contributed by atoms with Crippen molar-refractivity contribution < 1.29 is 9.18 Å². The van der Waals surface area contributed by atoms with E-state index < -0.39 is 5.82 Å². The number of halogens is 1. The Labute approximate surface area is 146 Å². The van der Waals surface area contributed by atoms with Crippen molar-refractivity contribution in [2.24, 2.45) is 0 Å². The van der Waals surface area contributed by atoms with Crippen LogP contribution in [0.2, 0.25) is 0 Å². The highest BCUT2D eigenvalue weighted by atomic mass is 19.1. The zero-order chi connectivity index (χ0) is 17.8. The topological polar surface area (TPSA) is 61.4 Å². The van der Waals surface area contributed by atoms with Crippen LogP contribution in [0.4, 0.5) is 16.2 Å². The number of likely N-dealkylation sites (tertiary alicyclic amines) is 1. The Morgan fingerprint density at radius 1 is 1.32 bits per heavy atom. The second-order valence-corrected chi connectivity index (χ2v) is 6.36. The van der Waals surface area contributed by atoms with Crippen molar-refractivity contribution in [3.8, 4) is 0 Å². The van der Waals surface area contributed by atoms with Gasteiger partial charge in [-0.2, -0.15) is 4.98 Å². The minimum atomic E-state index is -0.458. The third kappa shape index (κ3) is 4.04. The Morgan fingerprint density at radius 2 is 2.08 bits per heavy atom. The lowest BCUT2D eigenvalue weighted by atomic mass is 10.0. The van der Waals surface area contributed by atoms with Gasteiger partial charge in [0.05, 0.1) is 6.20 Å². The molecule has 2 heterocycles. The molecule has 0 spiro atoms. The smallest absolute Gasteiger partial charge is 0.253 e. The van der Waals surface area contributed by atoms with Gasteiger partial charge >= 0.3 is 0 Å². The molecule has 0 bridgehead atoms. The van der Waals surface area contributed by atoms with E-state index in [-0.39, 0.29) is 17.8 Å². The summed E-state index contributed by atoms with van der Waals surface area (Å²) in [4.78, 5) is 24.3. The van der Waals surface area contributed by atoms with Gasteiger partial charge in [-0.15, -0.1) is 0 Å². The Kier molecular flexibility index (Phi) is 5.11. The molecule has 3 rings (SSSR count). The maximum Gasteiger partial charge on any atom is 0.253 e. The van der Waals surface area contributed by atoms with Crippen molar-refractivity contribution >= 4 is 17.7 Å². The fraction of sp³-hybridized carbons (Fsp3) is 0.389. The molecule has 1 aromatic heterocycles. The number of hydrogen-bond donors (Lipinski definition) is 1. The molecule has 1 unspecified atom stereocenters. The Bertz CT molecular complexity index is 738. The van der Waals surface area contributed by atoms with Gasteiger partial charge in [-0.3, -0.25) is 4.79 Å². The summed E-state index contributed by atoms with van der Waals surface area (Å²) in [7, 11) is 3.46. The van der Waals surface area contributed by atoms with Gasteiger partial charge in [0.25, 0.3) is 5.91 Å².